The molecule has 2 aromatic heterocycles. The number of hydrogen-bond acceptors (Lipinski definition) is 6. The monoisotopic (exact) mass is 396 g/mol. The van der Waals surface area contributed by atoms with Gasteiger partial charge < -0.3 is 4.42 Å². The number of furan rings is 1. The highest BCUT2D eigenvalue weighted by Gasteiger charge is 2.13. The predicted molar refractivity (Wildman–Crippen MR) is 106 cm³/mol. The van der Waals surface area contributed by atoms with E-state index in [0.29, 0.717) is 22.6 Å². The lowest BCUT2D eigenvalue weighted by Gasteiger charge is -2.08. The van der Waals surface area contributed by atoms with Crippen molar-refractivity contribution in [3.05, 3.63) is 76.5 Å². The van der Waals surface area contributed by atoms with Gasteiger partial charge in [-0.3, -0.25) is 20.4 Å². The summed E-state index contributed by atoms with van der Waals surface area (Å²) in [4.78, 5) is 33.0. The van der Waals surface area contributed by atoms with Gasteiger partial charge in [0.2, 0.25) is 0 Å². The quantitative estimate of drug-likeness (QED) is 0.390. The van der Waals surface area contributed by atoms with Crippen LogP contribution >= 0.6 is 11.8 Å². The summed E-state index contributed by atoms with van der Waals surface area (Å²) < 4.78 is 5.07. The molecule has 0 fully saturated rings. The summed E-state index contributed by atoms with van der Waals surface area (Å²) in [6, 6.07) is 10.6. The lowest BCUT2D eigenvalue weighted by molar-refractivity contribution is 0.0845. The first-order chi connectivity index (χ1) is 13.4. The van der Waals surface area contributed by atoms with Crippen LogP contribution in [0.2, 0.25) is 0 Å². The fourth-order valence-corrected chi connectivity index (χ4v) is 3.44. The van der Waals surface area contributed by atoms with Crippen molar-refractivity contribution < 1.29 is 14.0 Å². The molecule has 0 saturated carbocycles. The van der Waals surface area contributed by atoms with Gasteiger partial charge in [0.15, 0.2) is 5.16 Å². The van der Waals surface area contributed by atoms with Crippen molar-refractivity contribution in [1.82, 2.24) is 20.8 Å². The molecule has 2 heterocycles. The fourth-order valence-electron chi connectivity index (χ4n) is 2.53. The van der Waals surface area contributed by atoms with Crippen LogP contribution in [0.15, 0.2) is 52.2 Å². The Kier molecular flexibility index (Phi) is 6.10. The van der Waals surface area contributed by atoms with Gasteiger partial charge in [0.05, 0.1) is 11.8 Å². The van der Waals surface area contributed by atoms with Crippen LogP contribution in [0, 0.1) is 20.8 Å². The third-order valence-corrected chi connectivity index (χ3v) is 4.86. The molecule has 8 heteroatoms. The number of nitrogens with one attached hydrogen (secondary N) is 2. The van der Waals surface area contributed by atoms with E-state index in [4.69, 9.17) is 4.42 Å². The molecule has 2 N–H and O–H groups in total. The summed E-state index contributed by atoms with van der Waals surface area (Å²) in [5.74, 6) is 0.357. The smallest absolute Gasteiger partial charge is 0.273 e. The second-order valence-corrected chi connectivity index (χ2v) is 7.16. The lowest BCUT2D eigenvalue weighted by Crippen LogP contribution is -2.41. The van der Waals surface area contributed by atoms with Crippen molar-refractivity contribution in [1.29, 1.82) is 0 Å². The van der Waals surface area contributed by atoms with Gasteiger partial charge in [-0.15, -0.1) is 0 Å². The summed E-state index contributed by atoms with van der Waals surface area (Å²) >= 11 is 1.54. The Labute approximate surface area is 166 Å². The Bertz CT molecular complexity index is 979. The van der Waals surface area contributed by atoms with Gasteiger partial charge in [0, 0.05) is 22.7 Å². The van der Waals surface area contributed by atoms with Crippen LogP contribution in [0.5, 0.6) is 0 Å². The normalized spacial score (nSPS) is 10.5. The number of hydrogen-bond donors (Lipinski definition) is 2. The number of thioether (sulfide) groups is 1. The molecule has 1 aromatic carbocycles. The van der Waals surface area contributed by atoms with Crippen LogP contribution in [-0.4, -0.2) is 21.8 Å². The number of carbonyl (C=O) groups excluding carboxylic acids is 2. The average Bonchev–Trinajstić information content (AvgIpc) is 3.10. The first-order valence-corrected chi connectivity index (χ1v) is 9.60. The van der Waals surface area contributed by atoms with Gasteiger partial charge in [-0.1, -0.05) is 23.9 Å². The van der Waals surface area contributed by atoms with Crippen LogP contribution in [0.1, 0.15) is 43.4 Å². The molecule has 2 amide bonds. The Morgan fingerprint density at radius 1 is 0.964 bits per heavy atom. The molecule has 3 rings (SSSR count). The number of benzene rings is 1. The van der Waals surface area contributed by atoms with Gasteiger partial charge in [0.25, 0.3) is 11.8 Å². The van der Waals surface area contributed by atoms with E-state index in [1.807, 2.05) is 32.0 Å². The molecule has 0 spiro atoms. The second-order valence-electron chi connectivity index (χ2n) is 6.22. The molecule has 0 bridgehead atoms. The summed E-state index contributed by atoms with van der Waals surface area (Å²) in [7, 11) is 0. The Morgan fingerprint density at radius 2 is 1.61 bits per heavy atom. The number of carbonyl (C=O) groups is 2. The highest BCUT2D eigenvalue weighted by atomic mass is 32.2. The molecule has 3 aromatic rings. The maximum atomic E-state index is 12.2. The number of nitrogens with zero attached hydrogens (tertiary/aromatic N) is 2. The zero-order valence-corrected chi connectivity index (χ0v) is 16.6. The highest BCUT2D eigenvalue weighted by Crippen LogP contribution is 2.20. The van der Waals surface area contributed by atoms with Gasteiger partial charge >= 0.3 is 0 Å². The lowest BCUT2D eigenvalue weighted by atomic mass is 10.1. The third kappa shape index (κ3) is 4.98. The van der Waals surface area contributed by atoms with E-state index < -0.39 is 11.8 Å². The number of aryl methyl sites for hydroxylation is 3. The minimum Gasteiger partial charge on any atom is -0.469 e. The van der Waals surface area contributed by atoms with Crippen molar-refractivity contribution >= 4 is 23.6 Å². The van der Waals surface area contributed by atoms with Crippen LogP contribution in [0.4, 0.5) is 0 Å². The summed E-state index contributed by atoms with van der Waals surface area (Å²) in [6.07, 6.45) is 1.42. The summed E-state index contributed by atoms with van der Waals surface area (Å²) in [6.45, 7) is 5.56. The Morgan fingerprint density at radius 3 is 2.21 bits per heavy atom. The standard InChI is InChI=1S/C20H20N4O3S/c1-12-10-13(2)22-20(21-12)28-11-15-4-6-16(7-5-15)18(25)23-24-19(26)17-8-9-27-14(17)3/h4-10H,11H2,1-3H3,(H,23,25)(H,24,26). The zero-order valence-electron chi connectivity index (χ0n) is 15.8. The first-order valence-electron chi connectivity index (χ1n) is 8.61. The van der Waals surface area contributed by atoms with Gasteiger partial charge in [0.1, 0.15) is 5.76 Å². The molecule has 28 heavy (non-hydrogen) atoms. The van der Waals surface area contributed by atoms with E-state index >= 15 is 0 Å². The van der Waals surface area contributed by atoms with Gasteiger partial charge in [-0.25, -0.2) is 9.97 Å². The number of amides is 2. The largest absolute Gasteiger partial charge is 0.469 e. The average molecular weight is 396 g/mol. The third-order valence-electron chi connectivity index (χ3n) is 3.94. The Hall–Kier alpha value is -3.13. The van der Waals surface area contributed by atoms with Crippen molar-refractivity contribution in [2.75, 3.05) is 0 Å². The van der Waals surface area contributed by atoms with E-state index in [2.05, 4.69) is 20.8 Å². The topological polar surface area (TPSA) is 97.1 Å². The van der Waals surface area contributed by atoms with Gasteiger partial charge in [-0.05, 0) is 50.6 Å². The molecular formula is C20H20N4O3S. The molecule has 0 aliphatic carbocycles. The van der Waals surface area contributed by atoms with Crippen molar-refractivity contribution in [2.24, 2.45) is 0 Å². The number of rotatable bonds is 5. The molecule has 0 unspecified atom stereocenters. The van der Waals surface area contributed by atoms with Crippen molar-refractivity contribution in [3.63, 3.8) is 0 Å². The van der Waals surface area contributed by atoms with E-state index in [1.54, 1.807) is 36.9 Å². The maximum Gasteiger partial charge on any atom is 0.273 e. The fraction of sp³-hybridized carbons (Fsp3) is 0.200. The van der Waals surface area contributed by atoms with Crippen LogP contribution in [-0.2, 0) is 5.75 Å². The van der Waals surface area contributed by atoms with E-state index in [-0.39, 0.29) is 0 Å². The molecule has 0 radical (unpaired) electrons. The van der Waals surface area contributed by atoms with E-state index in [1.165, 1.54) is 6.26 Å². The molecule has 0 aliphatic heterocycles. The summed E-state index contributed by atoms with van der Waals surface area (Å²) in [5, 5.41) is 0.733. The zero-order chi connectivity index (χ0) is 20.1. The number of aromatic nitrogens is 2. The predicted octanol–water partition coefficient (Wildman–Crippen LogP) is 3.36. The minimum absolute atomic E-state index is 0.376. The number of hydrazine groups is 1. The Balaban J connectivity index is 1.54. The first kappa shape index (κ1) is 19.6. The van der Waals surface area contributed by atoms with E-state index in [9.17, 15) is 9.59 Å². The molecule has 0 saturated heterocycles. The van der Waals surface area contributed by atoms with Crippen LogP contribution in [0.3, 0.4) is 0 Å². The minimum atomic E-state index is -0.430. The SMILES string of the molecule is Cc1cc(C)nc(SCc2ccc(C(=O)NNC(=O)c3ccoc3C)cc2)n1. The molecule has 0 aliphatic rings. The molecule has 7 nitrogen and oxygen atoms in total. The molecular weight excluding hydrogens is 376 g/mol. The van der Waals surface area contributed by atoms with Crippen LogP contribution < -0.4 is 10.9 Å². The molecule has 0 atom stereocenters. The summed E-state index contributed by atoms with van der Waals surface area (Å²) in [5.41, 5.74) is 8.52. The maximum absolute atomic E-state index is 12.2. The van der Waals surface area contributed by atoms with Crippen molar-refractivity contribution in [3.8, 4) is 0 Å². The van der Waals surface area contributed by atoms with Crippen LogP contribution in [0.25, 0.3) is 0 Å². The van der Waals surface area contributed by atoms with E-state index in [0.717, 1.165) is 22.1 Å². The highest BCUT2D eigenvalue weighted by molar-refractivity contribution is 7.98. The second kappa shape index (κ2) is 8.71. The van der Waals surface area contributed by atoms with Crippen molar-refractivity contribution in [2.45, 2.75) is 31.7 Å². The molecule has 144 valence electrons. The van der Waals surface area contributed by atoms with Gasteiger partial charge in [-0.2, -0.15) is 0 Å².